The van der Waals surface area contributed by atoms with E-state index < -0.39 is 0 Å². The Bertz CT molecular complexity index is 529. The first kappa shape index (κ1) is 17.8. The van der Waals surface area contributed by atoms with Crippen LogP contribution in [0.3, 0.4) is 0 Å². The molecule has 0 N–H and O–H groups in total. The molecular weight excluding hydrogens is 300 g/mol. The molecule has 0 saturated carbocycles. The van der Waals surface area contributed by atoms with Crippen molar-refractivity contribution in [2.75, 3.05) is 40.4 Å². The van der Waals surface area contributed by atoms with Crippen LogP contribution in [-0.2, 0) is 20.8 Å². The van der Waals surface area contributed by atoms with E-state index >= 15 is 0 Å². The number of nitrogens with zero attached hydrogens (tertiary/aromatic N) is 4. The van der Waals surface area contributed by atoms with Crippen LogP contribution in [0.5, 0.6) is 0 Å². The fourth-order valence-corrected chi connectivity index (χ4v) is 2.64. The van der Waals surface area contributed by atoms with Gasteiger partial charge < -0.3 is 18.9 Å². The Balaban J connectivity index is 1.86. The largest absolute Gasteiger partial charge is 0.369 e. The van der Waals surface area contributed by atoms with Crippen molar-refractivity contribution in [2.45, 2.75) is 39.0 Å². The lowest BCUT2D eigenvalue weighted by Crippen LogP contribution is -2.53. The third-order valence-electron chi connectivity index (χ3n) is 3.51. The van der Waals surface area contributed by atoms with E-state index in [2.05, 4.69) is 15.0 Å². The van der Waals surface area contributed by atoms with Crippen molar-refractivity contribution in [3.63, 3.8) is 0 Å². The second-order valence-corrected chi connectivity index (χ2v) is 6.70. The highest BCUT2D eigenvalue weighted by molar-refractivity contribution is 5.76. The molecule has 0 aromatic carbocycles. The van der Waals surface area contributed by atoms with Gasteiger partial charge in [0.25, 0.3) is 0 Å². The average molecular weight is 326 g/mol. The Labute approximate surface area is 136 Å². The maximum Gasteiger partial charge on any atom is 0.248 e. The SMILES string of the molecule is Cc1nc(CN2C[C@@H](COCC(=O)N(C)C)OC(C)(C)C2)no1. The summed E-state index contributed by atoms with van der Waals surface area (Å²) in [5.74, 6) is 1.18. The van der Waals surface area contributed by atoms with Crippen LogP contribution in [0.25, 0.3) is 0 Å². The zero-order valence-corrected chi connectivity index (χ0v) is 14.5. The summed E-state index contributed by atoms with van der Waals surface area (Å²) in [5.41, 5.74) is -0.295. The molecule has 1 aromatic rings. The van der Waals surface area contributed by atoms with Crippen molar-refractivity contribution in [3.05, 3.63) is 11.7 Å². The van der Waals surface area contributed by atoms with Crippen molar-refractivity contribution in [2.24, 2.45) is 0 Å². The van der Waals surface area contributed by atoms with Crippen LogP contribution in [0.15, 0.2) is 4.52 Å². The Hall–Kier alpha value is -1.51. The number of hydrogen-bond acceptors (Lipinski definition) is 7. The maximum atomic E-state index is 11.5. The lowest BCUT2D eigenvalue weighted by atomic mass is 10.1. The smallest absolute Gasteiger partial charge is 0.248 e. The summed E-state index contributed by atoms with van der Waals surface area (Å²) in [6, 6.07) is 0. The Morgan fingerprint density at radius 2 is 2.22 bits per heavy atom. The van der Waals surface area contributed by atoms with E-state index in [1.165, 1.54) is 4.90 Å². The monoisotopic (exact) mass is 326 g/mol. The van der Waals surface area contributed by atoms with Crippen LogP contribution >= 0.6 is 0 Å². The lowest BCUT2D eigenvalue weighted by molar-refractivity contribution is -0.161. The van der Waals surface area contributed by atoms with Gasteiger partial charge in [0.05, 0.1) is 24.9 Å². The van der Waals surface area contributed by atoms with Crippen molar-refractivity contribution in [1.29, 1.82) is 0 Å². The molecule has 1 amide bonds. The quantitative estimate of drug-likeness (QED) is 0.751. The molecule has 0 radical (unpaired) electrons. The van der Waals surface area contributed by atoms with E-state index in [9.17, 15) is 4.79 Å². The standard InChI is InChI=1S/C15H26N4O4/c1-11-16-13(17-23-11)7-19-6-12(22-15(2,3)10-19)8-21-9-14(20)18(4)5/h12H,6-10H2,1-5H3/t12-/m0/s1. The lowest BCUT2D eigenvalue weighted by Gasteiger charge is -2.42. The second kappa shape index (κ2) is 7.37. The van der Waals surface area contributed by atoms with Gasteiger partial charge in [0.2, 0.25) is 11.8 Å². The number of morpholine rings is 1. The number of amides is 1. The zero-order chi connectivity index (χ0) is 17.0. The highest BCUT2D eigenvalue weighted by Crippen LogP contribution is 2.22. The molecule has 1 fully saturated rings. The van der Waals surface area contributed by atoms with E-state index in [1.54, 1.807) is 21.0 Å². The summed E-state index contributed by atoms with van der Waals surface area (Å²) < 4.78 is 16.5. The van der Waals surface area contributed by atoms with Gasteiger partial charge in [-0.3, -0.25) is 9.69 Å². The van der Waals surface area contributed by atoms with Crippen LogP contribution in [-0.4, -0.2) is 78.0 Å². The van der Waals surface area contributed by atoms with Crippen LogP contribution in [0.1, 0.15) is 25.6 Å². The van der Waals surface area contributed by atoms with E-state index in [1.807, 2.05) is 13.8 Å². The van der Waals surface area contributed by atoms with Crippen LogP contribution in [0, 0.1) is 6.92 Å². The van der Waals surface area contributed by atoms with E-state index in [-0.39, 0.29) is 24.2 Å². The first-order chi connectivity index (χ1) is 10.7. The summed E-state index contributed by atoms with van der Waals surface area (Å²) in [6.45, 7) is 8.38. The fourth-order valence-electron chi connectivity index (χ4n) is 2.64. The molecule has 130 valence electrons. The zero-order valence-electron chi connectivity index (χ0n) is 14.5. The predicted molar refractivity (Wildman–Crippen MR) is 82.8 cm³/mol. The number of aryl methyl sites for hydroxylation is 1. The Kier molecular flexibility index (Phi) is 5.72. The summed E-state index contributed by atoms with van der Waals surface area (Å²) in [4.78, 5) is 19.5. The first-order valence-corrected chi connectivity index (χ1v) is 7.72. The third-order valence-corrected chi connectivity index (χ3v) is 3.51. The number of likely N-dealkylation sites (N-methyl/N-ethyl adjacent to an activating group) is 1. The van der Waals surface area contributed by atoms with Gasteiger partial charge in [-0.25, -0.2) is 0 Å². The molecule has 1 aromatic heterocycles. The van der Waals surface area contributed by atoms with Crippen molar-refractivity contribution < 1.29 is 18.8 Å². The van der Waals surface area contributed by atoms with Crippen molar-refractivity contribution >= 4 is 5.91 Å². The molecule has 2 heterocycles. The minimum atomic E-state index is -0.295. The third kappa shape index (κ3) is 5.56. The summed E-state index contributed by atoms with van der Waals surface area (Å²) in [7, 11) is 3.42. The van der Waals surface area contributed by atoms with Gasteiger partial charge in [0.15, 0.2) is 5.82 Å². The van der Waals surface area contributed by atoms with Gasteiger partial charge in [0.1, 0.15) is 6.61 Å². The predicted octanol–water partition coefficient (Wildman–Crippen LogP) is 0.462. The van der Waals surface area contributed by atoms with Gasteiger partial charge in [-0.1, -0.05) is 5.16 Å². The fraction of sp³-hybridized carbons (Fsp3) is 0.800. The summed E-state index contributed by atoms with van der Waals surface area (Å²) in [6.07, 6.45) is -0.0956. The van der Waals surface area contributed by atoms with Crippen LogP contribution in [0.4, 0.5) is 0 Å². The number of hydrogen-bond donors (Lipinski definition) is 0. The minimum Gasteiger partial charge on any atom is -0.369 e. The highest BCUT2D eigenvalue weighted by atomic mass is 16.6. The van der Waals surface area contributed by atoms with Crippen molar-refractivity contribution in [1.82, 2.24) is 19.9 Å². The van der Waals surface area contributed by atoms with E-state index in [0.717, 1.165) is 6.54 Å². The molecule has 8 heteroatoms. The Morgan fingerprint density at radius 3 is 2.83 bits per heavy atom. The molecule has 1 atom stereocenters. The Morgan fingerprint density at radius 1 is 1.48 bits per heavy atom. The number of carbonyl (C=O) groups is 1. The maximum absolute atomic E-state index is 11.5. The van der Waals surface area contributed by atoms with Gasteiger partial charge in [0, 0.05) is 34.1 Å². The van der Waals surface area contributed by atoms with Gasteiger partial charge in [-0.15, -0.1) is 0 Å². The van der Waals surface area contributed by atoms with E-state index in [0.29, 0.717) is 31.4 Å². The molecular formula is C15H26N4O4. The molecule has 0 unspecified atom stereocenters. The first-order valence-electron chi connectivity index (χ1n) is 7.72. The summed E-state index contributed by atoms with van der Waals surface area (Å²) in [5, 5.41) is 3.94. The topological polar surface area (TPSA) is 80.9 Å². The van der Waals surface area contributed by atoms with Crippen LogP contribution in [0.2, 0.25) is 0 Å². The number of ether oxygens (including phenoxy) is 2. The molecule has 0 bridgehead atoms. The number of aromatic nitrogens is 2. The van der Waals surface area contributed by atoms with Gasteiger partial charge in [-0.05, 0) is 13.8 Å². The van der Waals surface area contributed by atoms with Gasteiger partial charge in [-0.2, -0.15) is 4.98 Å². The summed E-state index contributed by atoms with van der Waals surface area (Å²) >= 11 is 0. The average Bonchev–Trinajstić information content (AvgIpc) is 2.82. The van der Waals surface area contributed by atoms with Gasteiger partial charge >= 0.3 is 0 Å². The second-order valence-electron chi connectivity index (χ2n) is 6.70. The molecule has 2 rings (SSSR count). The molecule has 1 aliphatic rings. The van der Waals surface area contributed by atoms with Crippen LogP contribution < -0.4 is 0 Å². The van der Waals surface area contributed by atoms with Crippen molar-refractivity contribution in [3.8, 4) is 0 Å². The normalized spacial score (nSPS) is 21.3. The minimum absolute atomic E-state index is 0.0563. The number of rotatable bonds is 6. The molecule has 0 aliphatic carbocycles. The van der Waals surface area contributed by atoms with E-state index in [4.69, 9.17) is 14.0 Å². The molecule has 23 heavy (non-hydrogen) atoms. The molecule has 1 saturated heterocycles. The molecule has 8 nitrogen and oxygen atoms in total. The number of carbonyl (C=O) groups excluding carboxylic acids is 1. The molecule has 0 spiro atoms. The highest BCUT2D eigenvalue weighted by Gasteiger charge is 2.34. The molecule has 1 aliphatic heterocycles.